The first-order valence-corrected chi connectivity index (χ1v) is 12.1. The van der Waals surface area contributed by atoms with E-state index in [0.29, 0.717) is 11.2 Å². The fraction of sp³-hybridized carbons (Fsp3) is 0.200. The summed E-state index contributed by atoms with van der Waals surface area (Å²) >= 11 is 4.86. The van der Waals surface area contributed by atoms with E-state index in [-0.39, 0.29) is 4.90 Å². The Morgan fingerprint density at radius 2 is 1.93 bits per heavy atom. The summed E-state index contributed by atoms with van der Waals surface area (Å²) in [4.78, 5) is 15.8. The molecule has 0 amide bonds. The zero-order valence-corrected chi connectivity index (χ0v) is 19.1. The lowest BCUT2D eigenvalue weighted by Crippen LogP contribution is -2.44. The van der Waals surface area contributed by atoms with Crippen molar-refractivity contribution in [3.63, 3.8) is 0 Å². The van der Waals surface area contributed by atoms with Crippen LogP contribution in [0.2, 0.25) is 0 Å². The van der Waals surface area contributed by atoms with Crippen LogP contribution >= 0.6 is 27.3 Å². The summed E-state index contributed by atoms with van der Waals surface area (Å²) in [6, 6.07) is 8.99. The van der Waals surface area contributed by atoms with Crippen molar-refractivity contribution >= 4 is 65.2 Å². The van der Waals surface area contributed by atoms with E-state index in [9.17, 15) is 18.3 Å². The third-order valence-electron chi connectivity index (χ3n) is 4.69. The molecule has 156 valence electrons. The van der Waals surface area contributed by atoms with E-state index in [1.165, 1.54) is 23.5 Å². The molecular formula is C20H17BrN2O5S2. The van der Waals surface area contributed by atoms with Gasteiger partial charge in [-0.2, -0.15) is 4.72 Å². The van der Waals surface area contributed by atoms with E-state index in [1.54, 1.807) is 19.9 Å². The molecule has 0 fully saturated rings. The molecule has 4 rings (SSSR count). The van der Waals surface area contributed by atoms with Gasteiger partial charge in [0.15, 0.2) is 0 Å². The molecule has 7 nitrogen and oxygen atoms in total. The van der Waals surface area contributed by atoms with Crippen LogP contribution in [0, 0.1) is 5.92 Å². The highest BCUT2D eigenvalue weighted by Crippen LogP contribution is 2.34. The average molecular weight is 509 g/mol. The van der Waals surface area contributed by atoms with Crippen LogP contribution in [-0.2, 0) is 14.8 Å². The van der Waals surface area contributed by atoms with Gasteiger partial charge in [-0.15, -0.1) is 11.3 Å². The van der Waals surface area contributed by atoms with Crippen molar-refractivity contribution in [2.45, 2.75) is 24.8 Å². The Balaban J connectivity index is 1.76. The lowest BCUT2D eigenvalue weighted by molar-refractivity contribution is -0.140. The Bertz CT molecular complexity index is 1370. The number of carboxylic acids is 1. The van der Waals surface area contributed by atoms with E-state index < -0.39 is 28.0 Å². The van der Waals surface area contributed by atoms with E-state index >= 15 is 0 Å². The molecule has 2 heterocycles. The van der Waals surface area contributed by atoms with Crippen molar-refractivity contribution in [2.75, 3.05) is 0 Å². The van der Waals surface area contributed by atoms with Gasteiger partial charge in [0.25, 0.3) is 0 Å². The summed E-state index contributed by atoms with van der Waals surface area (Å²) in [6.07, 6.45) is 0. The van der Waals surface area contributed by atoms with Gasteiger partial charge < -0.3 is 9.52 Å². The lowest BCUT2D eigenvalue weighted by Gasteiger charge is -2.17. The molecular weight excluding hydrogens is 492 g/mol. The number of fused-ring (bicyclic) bond motifs is 3. The van der Waals surface area contributed by atoms with Gasteiger partial charge in [0.2, 0.25) is 10.0 Å². The van der Waals surface area contributed by atoms with Crippen LogP contribution in [0.25, 0.3) is 32.5 Å². The summed E-state index contributed by atoms with van der Waals surface area (Å²) in [5.41, 5.74) is 1.96. The van der Waals surface area contributed by atoms with Gasteiger partial charge in [-0.05, 0) is 52.2 Å². The van der Waals surface area contributed by atoms with E-state index in [1.807, 2.05) is 23.6 Å². The number of hydrogen-bond acceptors (Lipinski definition) is 6. The van der Waals surface area contributed by atoms with Gasteiger partial charge in [-0.25, -0.2) is 13.4 Å². The predicted molar refractivity (Wildman–Crippen MR) is 119 cm³/mol. The monoisotopic (exact) mass is 508 g/mol. The molecule has 0 aliphatic carbocycles. The molecule has 2 aromatic carbocycles. The fourth-order valence-electron chi connectivity index (χ4n) is 3.15. The maximum absolute atomic E-state index is 12.7. The van der Waals surface area contributed by atoms with Crippen LogP contribution in [0.5, 0.6) is 0 Å². The Morgan fingerprint density at radius 1 is 1.17 bits per heavy atom. The number of carboxylic acid groups (broad SMARTS) is 1. The molecule has 0 aliphatic rings. The highest BCUT2D eigenvalue weighted by molar-refractivity contribution is 9.10. The summed E-state index contributed by atoms with van der Waals surface area (Å²) in [7, 11) is -4.03. The minimum absolute atomic E-state index is 0.0509. The van der Waals surface area contributed by atoms with E-state index in [4.69, 9.17) is 4.42 Å². The molecule has 10 heteroatoms. The molecule has 0 aliphatic heterocycles. The first-order chi connectivity index (χ1) is 14.2. The number of thiazole rings is 1. The van der Waals surface area contributed by atoms with Crippen molar-refractivity contribution in [1.82, 2.24) is 9.71 Å². The Morgan fingerprint density at radius 3 is 2.57 bits per heavy atom. The molecule has 0 spiro atoms. The number of benzene rings is 2. The molecule has 0 bridgehead atoms. The van der Waals surface area contributed by atoms with Crippen molar-refractivity contribution < 1.29 is 22.7 Å². The Hall–Kier alpha value is -2.27. The van der Waals surface area contributed by atoms with Crippen LogP contribution in [0.1, 0.15) is 13.8 Å². The minimum atomic E-state index is -4.03. The van der Waals surface area contributed by atoms with E-state index in [2.05, 4.69) is 25.6 Å². The first kappa shape index (κ1) is 21.0. The smallest absolute Gasteiger partial charge is 0.322 e. The molecule has 2 N–H and O–H groups in total. The predicted octanol–water partition coefficient (Wildman–Crippen LogP) is 4.86. The zero-order chi connectivity index (χ0) is 21.6. The quantitative estimate of drug-likeness (QED) is 0.384. The van der Waals surface area contributed by atoms with Gasteiger partial charge in [-0.3, -0.25) is 4.79 Å². The molecule has 0 unspecified atom stereocenters. The second-order valence-electron chi connectivity index (χ2n) is 7.13. The summed E-state index contributed by atoms with van der Waals surface area (Å²) in [5, 5.41) is 13.7. The highest BCUT2D eigenvalue weighted by Gasteiger charge is 2.28. The van der Waals surface area contributed by atoms with Gasteiger partial charge in [0.05, 0.1) is 4.90 Å². The van der Waals surface area contributed by atoms with Gasteiger partial charge >= 0.3 is 5.97 Å². The number of rotatable bonds is 6. The minimum Gasteiger partial charge on any atom is -0.480 e. The highest BCUT2D eigenvalue weighted by atomic mass is 79.9. The van der Waals surface area contributed by atoms with Crippen LogP contribution < -0.4 is 4.72 Å². The topological polar surface area (TPSA) is 110 Å². The molecule has 0 radical (unpaired) electrons. The number of sulfonamides is 1. The average Bonchev–Trinajstić information content (AvgIpc) is 3.28. The number of halogens is 1. The Labute approximate surface area is 184 Å². The van der Waals surface area contributed by atoms with Gasteiger partial charge in [0.1, 0.15) is 26.8 Å². The molecule has 30 heavy (non-hydrogen) atoms. The number of carbonyl (C=O) groups is 1. The zero-order valence-electron chi connectivity index (χ0n) is 15.9. The first-order valence-electron chi connectivity index (χ1n) is 8.98. The summed E-state index contributed by atoms with van der Waals surface area (Å²) in [6.45, 7) is 3.28. The largest absolute Gasteiger partial charge is 0.480 e. The van der Waals surface area contributed by atoms with Crippen LogP contribution in [0.15, 0.2) is 55.7 Å². The maximum Gasteiger partial charge on any atom is 0.322 e. The summed E-state index contributed by atoms with van der Waals surface area (Å²) in [5.74, 6) is -1.63. The van der Waals surface area contributed by atoms with Crippen LogP contribution in [0.4, 0.5) is 0 Å². The van der Waals surface area contributed by atoms with E-state index in [0.717, 1.165) is 25.9 Å². The number of nitrogens with zero attached hydrogens (tertiary/aromatic N) is 1. The van der Waals surface area contributed by atoms with Crippen molar-refractivity contribution in [1.29, 1.82) is 0 Å². The number of hydrogen-bond donors (Lipinski definition) is 2. The molecule has 2 aromatic heterocycles. The molecule has 0 saturated heterocycles. The number of aliphatic carboxylic acids is 1. The maximum atomic E-state index is 12.7. The fourth-order valence-corrected chi connectivity index (χ4v) is 5.75. The van der Waals surface area contributed by atoms with Crippen molar-refractivity contribution in [2.24, 2.45) is 5.92 Å². The normalized spacial score (nSPS) is 13.3. The van der Waals surface area contributed by atoms with Gasteiger partial charge in [0, 0.05) is 27.8 Å². The van der Waals surface area contributed by atoms with Crippen LogP contribution in [-0.4, -0.2) is 30.5 Å². The second-order valence-corrected chi connectivity index (χ2v) is 10.5. The van der Waals surface area contributed by atoms with Gasteiger partial charge in [-0.1, -0.05) is 13.8 Å². The number of aromatic nitrogens is 1. The molecule has 1 atom stereocenters. The Kier molecular flexibility index (Phi) is 5.43. The number of furan rings is 1. The molecule has 0 saturated carbocycles. The second kappa shape index (κ2) is 7.77. The third kappa shape index (κ3) is 3.87. The SMILES string of the molecule is CC(C)[C@H](NS(=O)(=O)c1ccc2c(c1)oc1ccc(-c3nc(Br)cs3)cc12)C(=O)O. The lowest BCUT2D eigenvalue weighted by atomic mass is 10.1. The standard InChI is InChI=1S/C20H17BrN2O5S2/c1-10(2)18(20(24)25)23-30(26,27)12-4-5-13-14-7-11(19-22-17(21)9-29-19)3-6-15(14)28-16(13)8-12/h3-10,18,23H,1-2H3,(H,24,25)/t18-/m0/s1. The molecule has 4 aromatic rings. The van der Waals surface area contributed by atoms with Crippen molar-refractivity contribution in [3.8, 4) is 10.6 Å². The third-order valence-corrected chi connectivity index (χ3v) is 7.73. The number of nitrogens with one attached hydrogen (secondary N) is 1. The van der Waals surface area contributed by atoms with Crippen molar-refractivity contribution in [3.05, 3.63) is 46.4 Å². The van der Waals surface area contributed by atoms with Crippen LogP contribution in [0.3, 0.4) is 0 Å². The summed E-state index contributed by atoms with van der Waals surface area (Å²) < 4.78 is 34.3.